The summed E-state index contributed by atoms with van der Waals surface area (Å²) in [5, 5.41) is 71.0. The van der Waals surface area contributed by atoms with E-state index in [0.717, 1.165) is 0 Å². The summed E-state index contributed by atoms with van der Waals surface area (Å²) in [6, 6.07) is 0. The number of aliphatic carboxylic acids is 6. The fourth-order valence-electron chi connectivity index (χ4n) is 1.41. The summed E-state index contributed by atoms with van der Waals surface area (Å²) in [6.45, 7) is 0. The first-order valence-electron chi connectivity index (χ1n) is 6.30. The molecule has 0 heterocycles. The van der Waals surface area contributed by atoms with Crippen LogP contribution in [-0.4, -0.2) is 104 Å². The predicted octanol–water partition coefficient (Wildman–Crippen LogP) is -14.5. The summed E-state index contributed by atoms with van der Waals surface area (Å²) in [5.41, 5.74) is -5.60. The molecule has 0 fully saturated rings. The summed E-state index contributed by atoms with van der Waals surface area (Å²) in [5.74, 6) is -10.7. The number of hydrogen-bond acceptors (Lipinski definition) is 10. The molecule has 0 saturated carbocycles. The van der Waals surface area contributed by atoms with Crippen LogP contribution in [0.2, 0.25) is 0 Å². The van der Waals surface area contributed by atoms with Gasteiger partial charge in [-0.1, -0.05) is 0 Å². The Morgan fingerprint density at radius 3 is 0.867 bits per heavy atom. The van der Waals surface area contributed by atoms with E-state index >= 15 is 0 Å². The molecule has 0 aromatic rings. The quantitative estimate of drug-likeness (QED) is 0.115. The predicted molar refractivity (Wildman–Crippen MR) is 74.7 cm³/mol. The Bertz CT molecular complexity index is 527. The molecule has 0 aliphatic rings. The van der Waals surface area contributed by atoms with Crippen LogP contribution in [0, 0.1) is 0 Å². The van der Waals surface area contributed by atoms with Crippen molar-refractivity contribution in [1.29, 1.82) is 0 Å². The Labute approximate surface area is 315 Å². The average molecular weight is 709 g/mol. The fourth-order valence-corrected chi connectivity index (χ4v) is 1.41. The van der Waals surface area contributed by atoms with E-state index < -0.39 is 72.7 Å². The molecule has 2 unspecified atom stereocenters. The third-order valence-corrected chi connectivity index (χ3v) is 2.56. The molecule has 0 aliphatic heterocycles. The molecule has 0 aromatic heterocycles. The molecule has 6 N–H and O–H groups in total. The first kappa shape index (κ1) is 45.9. The van der Waals surface area contributed by atoms with Crippen LogP contribution >= 0.6 is 0 Å². The maximum absolute atomic E-state index is 10.3. The molecule has 150 valence electrons. The van der Waals surface area contributed by atoms with Crippen molar-refractivity contribution in [1.82, 2.24) is 0 Å². The zero-order chi connectivity index (χ0) is 21.3. The SMILES string of the molecule is O=C([O-])CC(O)(CC(=O)O)C(=O)O.O=C([O-])CC(O)(CC(=O)O)C(=O)O.[Bi+3].[K+].[K+].[K+]. The molecular weight excluding hydrogens is 694 g/mol. The van der Waals surface area contributed by atoms with Crippen LogP contribution in [0.5, 0.6) is 0 Å². The zero-order valence-electron chi connectivity index (χ0n) is 16.2. The third kappa shape index (κ3) is 22.3. The van der Waals surface area contributed by atoms with Gasteiger partial charge in [0.15, 0.2) is 11.2 Å². The minimum absolute atomic E-state index is 0. The van der Waals surface area contributed by atoms with Gasteiger partial charge in [0.1, 0.15) is 0 Å². The van der Waals surface area contributed by atoms with Crippen molar-refractivity contribution in [2.45, 2.75) is 36.9 Å². The molecule has 18 heteroatoms. The molecule has 0 saturated heterocycles. The average Bonchev–Trinajstić information content (AvgIpc) is 2.34. The van der Waals surface area contributed by atoms with Crippen LogP contribution in [0.25, 0.3) is 0 Å². The second-order valence-corrected chi connectivity index (χ2v) is 4.91. The van der Waals surface area contributed by atoms with Gasteiger partial charge in [-0.3, -0.25) is 9.59 Å². The van der Waals surface area contributed by atoms with Crippen molar-refractivity contribution in [3.05, 3.63) is 0 Å². The van der Waals surface area contributed by atoms with E-state index in [1.807, 2.05) is 0 Å². The molecule has 30 heavy (non-hydrogen) atoms. The molecule has 0 rings (SSSR count). The normalized spacial score (nSPS) is 12.6. The second kappa shape index (κ2) is 22.0. The summed E-state index contributed by atoms with van der Waals surface area (Å²) in [7, 11) is 0. The Balaban J connectivity index is -0.0000000847. The van der Waals surface area contributed by atoms with Crippen molar-refractivity contribution >= 4 is 62.0 Å². The molecule has 0 bridgehead atoms. The van der Waals surface area contributed by atoms with Crippen molar-refractivity contribution in [2.24, 2.45) is 0 Å². The van der Waals surface area contributed by atoms with Crippen LogP contribution in [0.3, 0.4) is 0 Å². The van der Waals surface area contributed by atoms with Crippen molar-refractivity contribution in [2.75, 3.05) is 0 Å². The van der Waals surface area contributed by atoms with E-state index in [2.05, 4.69) is 0 Å². The van der Waals surface area contributed by atoms with Crippen LogP contribution in [0.15, 0.2) is 0 Å². The maximum Gasteiger partial charge on any atom is 3.00 e. The van der Waals surface area contributed by atoms with Gasteiger partial charge >= 0.3 is 204 Å². The largest absolute Gasteiger partial charge is 3.00 e. The number of carbonyl (C=O) groups excluding carboxylic acids is 2. The van der Waals surface area contributed by atoms with E-state index in [4.69, 9.17) is 30.6 Å². The summed E-state index contributed by atoms with van der Waals surface area (Å²) in [6.07, 6.45) is -4.88. The summed E-state index contributed by atoms with van der Waals surface area (Å²) in [4.78, 5) is 60.7. The maximum atomic E-state index is 10.3. The minimum atomic E-state index is -2.80. The first-order chi connectivity index (χ1) is 11.6. The van der Waals surface area contributed by atoms with Gasteiger partial charge in [0.25, 0.3) is 0 Å². The Morgan fingerprint density at radius 1 is 0.567 bits per heavy atom. The molecule has 0 amide bonds. The van der Waals surface area contributed by atoms with Crippen molar-refractivity contribution in [3.8, 4) is 0 Å². The molecule has 0 aromatic carbocycles. The number of hydrogen-bond donors (Lipinski definition) is 6. The Kier molecular flexibility index (Phi) is 33.7. The van der Waals surface area contributed by atoms with Gasteiger partial charge in [-0.05, 0) is 0 Å². The Hall–Kier alpha value is 2.53. The Morgan fingerprint density at radius 2 is 0.767 bits per heavy atom. The monoisotopic (exact) mass is 708 g/mol. The molecule has 2 radical (unpaired) electrons. The number of rotatable bonds is 10. The van der Waals surface area contributed by atoms with Gasteiger partial charge in [-0.25, -0.2) is 9.59 Å². The van der Waals surface area contributed by atoms with Gasteiger partial charge in [0.2, 0.25) is 0 Å². The fraction of sp³-hybridized carbons (Fsp3) is 0.500. The van der Waals surface area contributed by atoms with E-state index in [0.29, 0.717) is 0 Å². The van der Waals surface area contributed by atoms with Crippen LogP contribution < -0.4 is 164 Å². The standard InChI is InChI=1S/2C6H8O7.Bi.3K/c2*7-3(8)1-6(13,5(11)12)2-4(9)10;;;;/h2*13H,1-2H2,(H,7,8)(H,9,10)(H,11,12);;;;/q;;+3;3*+1/p-2. The van der Waals surface area contributed by atoms with Crippen molar-refractivity contribution < 1.29 is 224 Å². The summed E-state index contributed by atoms with van der Waals surface area (Å²) >= 11 is 0. The zero-order valence-corrected chi connectivity index (χ0v) is 29.1. The molecule has 2 atom stereocenters. The van der Waals surface area contributed by atoms with Gasteiger partial charge in [0, 0.05) is 24.8 Å². The van der Waals surface area contributed by atoms with E-state index in [9.17, 15) is 39.0 Å². The van der Waals surface area contributed by atoms with Gasteiger partial charge in [0.05, 0.1) is 12.8 Å². The topological polar surface area (TPSA) is 270 Å². The number of carbonyl (C=O) groups is 6. The van der Waals surface area contributed by atoms with Crippen LogP contribution in [-0.2, 0) is 28.8 Å². The van der Waals surface area contributed by atoms with Gasteiger partial charge < -0.3 is 50.4 Å². The van der Waals surface area contributed by atoms with E-state index in [1.54, 1.807) is 0 Å². The van der Waals surface area contributed by atoms with E-state index in [1.165, 1.54) is 0 Å². The third-order valence-electron chi connectivity index (χ3n) is 2.56. The van der Waals surface area contributed by atoms with Crippen LogP contribution in [0.1, 0.15) is 25.7 Å². The van der Waals surface area contributed by atoms with Gasteiger partial charge in [-0.2, -0.15) is 0 Å². The molecule has 0 spiro atoms. The van der Waals surface area contributed by atoms with Gasteiger partial charge in [-0.15, -0.1) is 0 Å². The first-order valence-corrected chi connectivity index (χ1v) is 6.30. The number of carboxylic acid groups (broad SMARTS) is 6. The molecule has 0 aliphatic carbocycles. The second-order valence-electron chi connectivity index (χ2n) is 4.91. The van der Waals surface area contributed by atoms with E-state index in [-0.39, 0.29) is 180 Å². The summed E-state index contributed by atoms with van der Waals surface area (Å²) < 4.78 is 0. The minimum Gasteiger partial charge on any atom is -0.550 e. The van der Waals surface area contributed by atoms with Crippen molar-refractivity contribution in [3.63, 3.8) is 0 Å². The number of carboxylic acids is 6. The number of aliphatic hydroxyl groups is 2. The smallest absolute Gasteiger partial charge is 0.550 e. The molecular formula is C12H14BiK3O14+4. The molecule has 14 nitrogen and oxygen atoms in total. The van der Waals surface area contributed by atoms with Crippen LogP contribution in [0.4, 0.5) is 0 Å².